The summed E-state index contributed by atoms with van der Waals surface area (Å²) in [6, 6.07) is 10.8. The Labute approximate surface area is 220 Å². The van der Waals surface area contributed by atoms with E-state index in [4.69, 9.17) is 5.73 Å². The smallest absolute Gasteiger partial charge is 0.243 e. The standard InChI is InChI=1S/C27H32N6O5/c1-16-12-19(8-9-23(16)35)14-21(31-17(2)34)26(37)33-22(15-24-29-10-11-30-24)27(38)32-20(25(28)36)13-18-6-4-3-5-7-18/h3-12,20-22,35H,13-15H2,1-2H3,(H2,28,36)(H,29,30)(H,31,34)(H,32,38)(H,33,37). The predicted molar refractivity (Wildman–Crippen MR) is 140 cm³/mol. The summed E-state index contributed by atoms with van der Waals surface area (Å²) in [5.74, 6) is -1.82. The molecule has 38 heavy (non-hydrogen) atoms. The van der Waals surface area contributed by atoms with E-state index < -0.39 is 41.8 Å². The van der Waals surface area contributed by atoms with Crippen molar-refractivity contribution in [2.45, 2.75) is 51.2 Å². The van der Waals surface area contributed by atoms with Gasteiger partial charge in [-0.3, -0.25) is 19.2 Å². The molecule has 0 fully saturated rings. The maximum Gasteiger partial charge on any atom is 0.243 e. The van der Waals surface area contributed by atoms with Gasteiger partial charge in [-0.25, -0.2) is 4.98 Å². The van der Waals surface area contributed by atoms with Crippen molar-refractivity contribution < 1.29 is 24.3 Å². The molecule has 2 aromatic carbocycles. The molecule has 200 valence electrons. The molecular weight excluding hydrogens is 488 g/mol. The number of rotatable bonds is 12. The van der Waals surface area contributed by atoms with Crippen molar-refractivity contribution in [2.24, 2.45) is 5.73 Å². The van der Waals surface area contributed by atoms with E-state index in [9.17, 15) is 24.3 Å². The van der Waals surface area contributed by atoms with Crippen molar-refractivity contribution in [1.82, 2.24) is 25.9 Å². The Morgan fingerprint density at radius 1 is 0.895 bits per heavy atom. The zero-order valence-corrected chi connectivity index (χ0v) is 21.2. The van der Waals surface area contributed by atoms with E-state index >= 15 is 0 Å². The van der Waals surface area contributed by atoms with Crippen LogP contribution in [0.1, 0.15) is 29.4 Å². The molecule has 3 rings (SSSR count). The quantitative estimate of drug-likeness (QED) is 0.201. The molecule has 0 aliphatic carbocycles. The highest BCUT2D eigenvalue weighted by Crippen LogP contribution is 2.18. The van der Waals surface area contributed by atoms with Gasteiger partial charge in [-0.15, -0.1) is 0 Å². The Balaban J connectivity index is 1.79. The van der Waals surface area contributed by atoms with Crippen LogP contribution in [0.2, 0.25) is 0 Å². The number of aromatic nitrogens is 2. The first kappa shape index (κ1) is 27.9. The number of nitrogens with one attached hydrogen (secondary N) is 4. The van der Waals surface area contributed by atoms with Crippen LogP contribution in [0.15, 0.2) is 60.9 Å². The summed E-state index contributed by atoms with van der Waals surface area (Å²) < 4.78 is 0. The molecule has 0 radical (unpaired) electrons. The number of amides is 4. The number of carbonyl (C=O) groups excluding carboxylic acids is 4. The first-order valence-electron chi connectivity index (χ1n) is 12.1. The van der Waals surface area contributed by atoms with Gasteiger partial charge in [0.15, 0.2) is 0 Å². The number of nitrogens with zero attached hydrogens (tertiary/aromatic N) is 1. The third-order valence-electron chi connectivity index (χ3n) is 5.92. The average Bonchev–Trinajstić information content (AvgIpc) is 3.38. The monoisotopic (exact) mass is 520 g/mol. The number of H-pyrrole nitrogens is 1. The Hall–Kier alpha value is -4.67. The van der Waals surface area contributed by atoms with E-state index in [-0.39, 0.29) is 25.0 Å². The number of hydrogen-bond donors (Lipinski definition) is 6. The second-order valence-corrected chi connectivity index (χ2v) is 9.03. The average molecular weight is 521 g/mol. The minimum Gasteiger partial charge on any atom is -0.508 e. The minimum absolute atomic E-state index is 0.00645. The van der Waals surface area contributed by atoms with Gasteiger partial charge >= 0.3 is 0 Å². The summed E-state index contributed by atoms with van der Waals surface area (Å²) >= 11 is 0. The molecule has 0 aliphatic heterocycles. The van der Waals surface area contributed by atoms with Gasteiger partial charge in [0.2, 0.25) is 23.6 Å². The Bertz CT molecular complexity index is 1260. The minimum atomic E-state index is -1.12. The number of aryl methyl sites for hydroxylation is 1. The first-order chi connectivity index (χ1) is 18.1. The number of carbonyl (C=O) groups is 4. The Kier molecular flexibility index (Phi) is 9.58. The third kappa shape index (κ3) is 8.19. The number of aromatic hydroxyl groups is 1. The van der Waals surface area contributed by atoms with Crippen molar-refractivity contribution in [1.29, 1.82) is 0 Å². The van der Waals surface area contributed by atoms with Gasteiger partial charge in [0.1, 0.15) is 29.7 Å². The lowest BCUT2D eigenvalue weighted by atomic mass is 10.0. The zero-order chi connectivity index (χ0) is 27.7. The van der Waals surface area contributed by atoms with Crippen LogP contribution in [0.5, 0.6) is 5.75 Å². The van der Waals surface area contributed by atoms with Crippen LogP contribution in [0, 0.1) is 6.92 Å². The summed E-state index contributed by atoms with van der Waals surface area (Å²) in [6.07, 6.45) is 3.41. The van der Waals surface area contributed by atoms with Crippen molar-refractivity contribution in [2.75, 3.05) is 0 Å². The number of hydrogen-bond acceptors (Lipinski definition) is 6. The Morgan fingerprint density at radius 3 is 2.11 bits per heavy atom. The lowest BCUT2D eigenvalue weighted by molar-refractivity contribution is -0.133. The van der Waals surface area contributed by atoms with Gasteiger partial charge in [0.25, 0.3) is 0 Å². The van der Waals surface area contributed by atoms with E-state index in [0.717, 1.165) is 5.56 Å². The maximum atomic E-state index is 13.3. The van der Waals surface area contributed by atoms with Crippen molar-refractivity contribution in [3.8, 4) is 5.75 Å². The fraction of sp³-hybridized carbons (Fsp3) is 0.296. The normalized spacial score (nSPS) is 13.1. The zero-order valence-electron chi connectivity index (χ0n) is 21.2. The van der Waals surface area contributed by atoms with Gasteiger partial charge in [-0.1, -0.05) is 42.5 Å². The molecule has 3 atom stereocenters. The molecule has 3 aromatic rings. The van der Waals surface area contributed by atoms with Gasteiger partial charge in [-0.2, -0.15) is 0 Å². The van der Waals surface area contributed by atoms with Crippen LogP contribution in [0.4, 0.5) is 0 Å². The lowest BCUT2D eigenvalue weighted by Gasteiger charge is -2.24. The lowest BCUT2D eigenvalue weighted by Crippen LogP contribution is -2.57. The van der Waals surface area contributed by atoms with E-state index in [1.54, 1.807) is 25.3 Å². The highest BCUT2D eigenvalue weighted by Gasteiger charge is 2.30. The predicted octanol–water partition coefficient (Wildman–Crippen LogP) is 0.411. The summed E-state index contributed by atoms with van der Waals surface area (Å²) in [6.45, 7) is 3.01. The summed E-state index contributed by atoms with van der Waals surface area (Å²) in [5.41, 5.74) is 7.69. The maximum absolute atomic E-state index is 13.3. The van der Waals surface area contributed by atoms with Crippen molar-refractivity contribution in [3.05, 3.63) is 83.4 Å². The number of phenols is 1. The van der Waals surface area contributed by atoms with E-state index in [0.29, 0.717) is 17.0 Å². The molecule has 3 unspecified atom stereocenters. The number of phenolic OH excluding ortho intramolecular Hbond substituents is 1. The molecule has 1 aromatic heterocycles. The van der Waals surface area contributed by atoms with Gasteiger partial charge < -0.3 is 31.8 Å². The van der Waals surface area contributed by atoms with Crippen LogP contribution < -0.4 is 21.7 Å². The third-order valence-corrected chi connectivity index (χ3v) is 5.92. The molecule has 0 spiro atoms. The second-order valence-electron chi connectivity index (χ2n) is 9.03. The second kappa shape index (κ2) is 13.0. The molecule has 11 heteroatoms. The molecule has 7 N–H and O–H groups in total. The Morgan fingerprint density at radius 2 is 1.53 bits per heavy atom. The van der Waals surface area contributed by atoms with Crippen molar-refractivity contribution >= 4 is 23.6 Å². The number of aromatic amines is 1. The highest BCUT2D eigenvalue weighted by atomic mass is 16.3. The topological polar surface area (TPSA) is 179 Å². The highest BCUT2D eigenvalue weighted by molar-refractivity contribution is 5.94. The fourth-order valence-corrected chi connectivity index (χ4v) is 3.96. The number of imidazole rings is 1. The van der Waals surface area contributed by atoms with Crippen LogP contribution in [0.3, 0.4) is 0 Å². The molecule has 0 saturated heterocycles. The molecule has 0 bridgehead atoms. The SMILES string of the molecule is CC(=O)NC(Cc1ccc(O)c(C)c1)C(=O)NC(Cc1ncc[nH]1)C(=O)NC(Cc1ccccc1)C(N)=O. The molecule has 1 heterocycles. The summed E-state index contributed by atoms with van der Waals surface area (Å²) in [5, 5.41) is 17.7. The fourth-order valence-electron chi connectivity index (χ4n) is 3.96. The van der Waals surface area contributed by atoms with Crippen molar-refractivity contribution in [3.63, 3.8) is 0 Å². The van der Waals surface area contributed by atoms with E-state index in [2.05, 4.69) is 25.9 Å². The summed E-state index contributed by atoms with van der Waals surface area (Å²) in [4.78, 5) is 57.6. The first-order valence-corrected chi connectivity index (χ1v) is 12.1. The van der Waals surface area contributed by atoms with Crippen LogP contribution in [-0.2, 0) is 38.4 Å². The molecule has 4 amide bonds. The van der Waals surface area contributed by atoms with Gasteiger partial charge in [0, 0.05) is 38.6 Å². The molecule has 11 nitrogen and oxygen atoms in total. The number of nitrogens with two attached hydrogens (primary N) is 1. The summed E-state index contributed by atoms with van der Waals surface area (Å²) in [7, 11) is 0. The van der Waals surface area contributed by atoms with Gasteiger partial charge in [0.05, 0.1) is 0 Å². The van der Waals surface area contributed by atoms with Crippen LogP contribution in [-0.4, -0.2) is 56.8 Å². The van der Waals surface area contributed by atoms with Crippen LogP contribution in [0.25, 0.3) is 0 Å². The molecular formula is C27H32N6O5. The van der Waals surface area contributed by atoms with Crippen LogP contribution >= 0.6 is 0 Å². The van der Waals surface area contributed by atoms with E-state index in [1.165, 1.54) is 19.2 Å². The van der Waals surface area contributed by atoms with E-state index in [1.807, 2.05) is 30.3 Å². The molecule has 0 aliphatic rings. The number of benzene rings is 2. The number of primary amides is 1. The largest absolute Gasteiger partial charge is 0.508 e. The molecule has 0 saturated carbocycles. The van der Waals surface area contributed by atoms with Gasteiger partial charge in [-0.05, 0) is 29.7 Å².